The second-order valence-electron chi connectivity index (χ2n) is 4.59. The summed E-state index contributed by atoms with van der Waals surface area (Å²) in [6.07, 6.45) is 1.00. The standard InChI is InChI=1S/C13H18N2O2S/c1-2-14-13-9-18-8-11(13)7-10-3-5-12(6-4-10)15(16)17/h3-6,11,13-14H,2,7-9H2,1H3. The number of hydrogen-bond donors (Lipinski definition) is 1. The summed E-state index contributed by atoms with van der Waals surface area (Å²) in [5, 5.41) is 14.1. The Morgan fingerprint density at radius 1 is 1.39 bits per heavy atom. The van der Waals surface area contributed by atoms with E-state index in [2.05, 4.69) is 12.2 Å². The Hall–Kier alpha value is -1.07. The van der Waals surface area contributed by atoms with Gasteiger partial charge in [0.15, 0.2) is 0 Å². The molecule has 1 fully saturated rings. The van der Waals surface area contributed by atoms with Crippen molar-refractivity contribution < 1.29 is 4.92 Å². The van der Waals surface area contributed by atoms with Gasteiger partial charge in [-0.05, 0) is 30.2 Å². The molecule has 4 nitrogen and oxygen atoms in total. The summed E-state index contributed by atoms with van der Waals surface area (Å²) < 4.78 is 0. The first-order valence-electron chi connectivity index (χ1n) is 6.25. The quantitative estimate of drug-likeness (QED) is 0.657. The number of nitrogens with zero attached hydrogens (tertiary/aromatic N) is 1. The molecule has 5 heteroatoms. The average Bonchev–Trinajstić information content (AvgIpc) is 2.78. The molecule has 0 aromatic heterocycles. The molecule has 0 amide bonds. The molecule has 0 bridgehead atoms. The molecule has 0 aliphatic carbocycles. The first-order valence-corrected chi connectivity index (χ1v) is 7.40. The van der Waals surface area contributed by atoms with E-state index in [-0.39, 0.29) is 10.6 Å². The van der Waals surface area contributed by atoms with Gasteiger partial charge in [-0.15, -0.1) is 0 Å². The zero-order chi connectivity index (χ0) is 13.0. The number of hydrogen-bond acceptors (Lipinski definition) is 4. The maximum absolute atomic E-state index is 10.6. The van der Waals surface area contributed by atoms with E-state index in [0.717, 1.165) is 13.0 Å². The summed E-state index contributed by atoms with van der Waals surface area (Å²) in [7, 11) is 0. The van der Waals surface area contributed by atoms with Gasteiger partial charge in [-0.25, -0.2) is 0 Å². The minimum absolute atomic E-state index is 0.169. The SMILES string of the molecule is CCNC1CSCC1Cc1ccc([N+](=O)[O-])cc1. The summed E-state index contributed by atoms with van der Waals surface area (Å²) in [5.41, 5.74) is 1.36. The molecule has 0 saturated carbocycles. The Morgan fingerprint density at radius 3 is 2.72 bits per heavy atom. The fourth-order valence-corrected chi connectivity index (χ4v) is 3.78. The molecule has 2 atom stereocenters. The molecule has 2 rings (SSSR count). The van der Waals surface area contributed by atoms with Crippen molar-refractivity contribution in [2.24, 2.45) is 5.92 Å². The number of nitrogens with one attached hydrogen (secondary N) is 1. The van der Waals surface area contributed by atoms with E-state index in [1.54, 1.807) is 12.1 Å². The van der Waals surface area contributed by atoms with Crippen molar-refractivity contribution in [3.8, 4) is 0 Å². The largest absolute Gasteiger partial charge is 0.313 e. The first kappa shape index (κ1) is 13.4. The highest BCUT2D eigenvalue weighted by atomic mass is 32.2. The monoisotopic (exact) mass is 266 g/mol. The highest BCUT2D eigenvalue weighted by Crippen LogP contribution is 2.27. The molecule has 18 heavy (non-hydrogen) atoms. The normalized spacial score (nSPS) is 23.2. The predicted octanol–water partition coefficient (Wildman–Crippen LogP) is 2.48. The Balaban J connectivity index is 1.98. The summed E-state index contributed by atoms with van der Waals surface area (Å²) in [5.74, 6) is 2.98. The third-order valence-corrected chi connectivity index (χ3v) is 4.57. The molecular weight excluding hydrogens is 248 g/mol. The summed E-state index contributed by atoms with van der Waals surface area (Å²) >= 11 is 1.99. The third kappa shape index (κ3) is 3.23. The van der Waals surface area contributed by atoms with Crippen molar-refractivity contribution >= 4 is 17.4 Å². The summed E-state index contributed by atoms with van der Waals surface area (Å²) in [4.78, 5) is 10.2. The lowest BCUT2D eigenvalue weighted by molar-refractivity contribution is -0.384. The van der Waals surface area contributed by atoms with Gasteiger partial charge in [0.25, 0.3) is 5.69 Å². The van der Waals surface area contributed by atoms with Crippen LogP contribution in [0, 0.1) is 16.0 Å². The van der Waals surface area contributed by atoms with Crippen molar-refractivity contribution in [3.05, 3.63) is 39.9 Å². The van der Waals surface area contributed by atoms with E-state index in [0.29, 0.717) is 12.0 Å². The maximum Gasteiger partial charge on any atom is 0.269 e. The highest BCUT2D eigenvalue weighted by molar-refractivity contribution is 7.99. The van der Waals surface area contributed by atoms with Gasteiger partial charge in [0.1, 0.15) is 0 Å². The van der Waals surface area contributed by atoms with E-state index in [1.165, 1.54) is 17.1 Å². The molecule has 1 aromatic rings. The fourth-order valence-electron chi connectivity index (χ4n) is 2.34. The molecule has 1 saturated heterocycles. The van der Waals surface area contributed by atoms with E-state index in [9.17, 15) is 10.1 Å². The number of thioether (sulfide) groups is 1. The zero-order valence-corrected chi connectivity index (χ0v) is 11.3. The summed E-state index contributed by atoms with van der Waals surface area (Å²) in [6, 6.07) is 7.53. The van der Waals surface area contributed by atoms with Crippen LogP contribution in [-0.4, -0.2) is 29.0 Å². The van der Waals surface area contributed by atoms with Crippen LogP contribution in [0.5, 0.6) is 0 Å². The van der Waals surface area contributed by atoms with E-state index in [4.69, 9.17) is 0 Å². The number of nitro benzene ring substituents is 1. The van der Waals surface area contributed by atoms with Gasteiger partial charge in [0, 0.05) is 23.9 Å². The highest BCUT2D eigenvalue weighted by Gasteiger charge is 2.27. The van der Waals surface area contributed by atoms with Crippen LogP contribution in [-0.2, 0) is 6.42 Å². The van der Waals surface area contributed by atoms with Gasteiger partial charge in [-0.2, -0.15) is 11.8 Å². The molecule has 1 aromatic carbocycles. The predicted molar refractivity (Wildman–Crippen MR) is 75.1 cm³/mol. The van der Waals surface area contributed by atoms with E-state index < -0.39 is 0 Å². The van der Waals surface area contributed by atoms with Crippen molar-refractivity contribution in [1.29, 1.82) is 0 Å². The zero-order valence-electron chi connectivity index (χ0n) is 10.5. The lowest BCUT2D eigenvalue weighted by Gasteiger charge is -2.19. The van der Waals surface area contributed by atoms with Crippen molar-refractivity contribution in [3.63, 3.8) is 0 Å². The second kappa shape index (κ2) is 6.20. The average molecular weight is 266 g/mol. The van der Waals surface area contributed by atoms with Gasteiger partial charge in [0.05, 0.1) is 4.92 Å². The van der Waals surface area contributed by atoms with Crippen LogP contribution in [0.1, 0.15) is 12.5 Å². The second-order valence-corrected chi connectivity index (χ2v) is 5.66. The molecule has 0 radical (unpaired) electrons. The molecule has 2 unspecified atom stereocenters. The van der Waals surface area contributed by atoms with Crippen LogP contribution in [0.2, 0.25) is 0 Å². The minimum Gasteiger partial charge on any atom is -0.313 e. The Kier molecular flexibility index (Phi) is 4.60. The molecule has 1 heterocycles. The maximum atomic E-state index is 10.6. The lowest BCUT2D eigenvalue weighted by atomic mass is 9.95. The van der Waals surface area contributed by atoms with Crippen molar-refractivity contribution in [2.45, 2.75) is 19.4 Å². The van der Waals surface area contributed by atoms with Crippen molar-refractivity contribution in [2.75, 3.05) is 18.1 Å². The minimum atomic E-state index is -0.351. The topological polar surface area (TPSA) is 55.2 Å². The Morgan fingerprint density at radius 2 is 2.11 bits per heavy atom. The van der Waals surface area contributed by atoms with Gasteiger partial charge < -0.3 is 5.32 Å². The van der Waals surface area contributed by atoms with Gasteiger partial charge in [-0.3, -0.25) is 10.1 Å². The number of rotatable bonds is 5. The van der Waals surface area contributed by atoms with Gasteiger partial charge in [-0.1, -0.05) is 19.1 Å². The molecule has 1 aliphatic rings. The van der Waals surface area contributed by atoms with Crippen LogP contribution >= 0.6 is 11.8 Å². The lowest BCUT2D eigenvalue weighted by Crippen LogP contribution is -2.36. The number of non-ortho nitro benzene ring substituents is 1. The number of nitro groups is 1. The Bertz CT molecular complexity index is 408. The molecule has 1 N–H and O–H groups in total. The van der Waals surface area contributed by atoms with Crippen LogP contribution in [0.3, 0.4) is 0 Å². The van der Waals surface area contributed by atoms with Crippen LogP contribution in [0.15, 0.2) is 24.3 Å². The van der Waals surface area contributed by atoms with Crippen LogP contribution in [0.25, 0.3) is 0 Å². The molecule has 0 spiro atoms. The van der Waals surface area contributed by atoms with Gasteiger partial charge >= 0.3 is 0 Å². The Labute approximate surface area is 111 Å². The third-order valence-electron chi connectivity index (χ3n) is 3.31. The van der Waals surface area contributed by atoms with Crippen LogP contribution < -0.4 is 5.32 Å². The molecular formula is C13H18N2O2S. The van der Waals surface area contributed by atoms with E-state index in [1.807, 2.05) is 23.9 Å². The fraction of sp³-hybridized carbons (Fsp3) is 0.538. The van der Waals surface area contributed by atoms with Crippen molar-refractivity contribution in [1.82, 2.24) is 5.32 Å². The molecule has 98 valence electrons. The summed E-state index contributed by atoms with van der Waals surface area (Å²) in [6.45, 7) is 3.13. The first-order chi connectivity index (χ1) is 8.70. The van der Waals surface area contributed by atoms with E-state index >= 15 is 0 Å². The molecule has 1 aliphatic heterocycles. The number of benzene rings is 1. The smallest absolute Gasteiger partial charge is 0.269 e. The van der Waals surface area contributed by atoms with Crippen LogP contribution in [0.4, 0.5) is 5.69 Å². The van der Waals surface area contributed by atoms with Gasteiger partial charge in [0.2, 0.25) is 0 Å².